The zero-order valence-electron chi connectivity index (χ0n) is 16.8. The van der Waals surface area contributed by atoms with Crippen molar-refractivity contribution in [2.75, 3.05) is 31.7 Å². The fraction of sp³-hybridized carbons (Fsp3) is 0.476. The van der Waals surface area contributed by atoms with Gasteiger partial charge in [-0.3, -0.25) is 4.79 Å². The number of aliphatic imine (C=N–C) groups is 1. The molecule has 1 unspecified atom stereocenters. The number of fused-ring (bicyclic) bond motifs is 1. The average molecular weight is 401 g/mol. The predicted octanol–water partition coefficient (Wildman–Crippen LogP) is 2.68. The Morgan fingerprint density at radius 3 is 2.93 bits per heavy atom. The quantitative estimate of drug-likeness (QED) is 0.538. The normalized spacial score (nSPS) is 18.4. The van der Waals surface area contributed by atoms with Crippen LogP contribution in [-0.4, -0.2) is 50.2 Å². The summed E-state index contributed by atoms with van der Waals surface area (Å²) >= 11 is 0. The zero-order valence-corrected chi connectivity index (χ0v) is 16.8. The highest BCUT2D eigenvalue weighted by Gasteiger charge is 2.26. The molecule has 1 atom stereocenters. The van der Waals surface area contributed by atoms with E-state index in [1.807, 2.05) is 18.2 Å². The molecule has 1 fully saturated rings. The highest BCUT2D eigenvalue weighted by atomic mass is 16.5. The van der Waals surface area contributed by atoms with Gasteiger partial charge in [0.25, 0.3) is 0 Å². The van der Waals surface area contributed by atoms with Crippen LogP contribution in [0.3, 0.4) is 0 Å². The summed E-state index contributed by atoms with van der Waals surface area (Å²) in [5, 5.41) is 5.92. The minimum atomic E-state index is -0.543. The number of carbonyl (C=O) groups excluding carboxylic acids is 2. The molecule has 1 saturated heterocycles. The molecule has 0 saturated carbocycles. The summed E-state index contributed by atoms with van der Waals surface area (Å²) in [6, 6.07) is 7.37. The largest absolute Gasteiger partial charge is 0.462 e. The van der Waals surface area contributed by atoms with Crippen molar-refractivity contribution in [3.05, 3.63) is 35.5 Å². The van der Waals surface area contributed by atoms with Crippen LogP contribution in [-0.2, 0) is 23.8 Å². The molecule has 1 amide bonds. The summed E-state index contributed by atoms with van der Waals surface area (Å²) in [5.74, 6) is -0.661. The van der Waals surface area contributed by atoms with Gasteiger partial charge in [-0.1, -0.05) is 12.1 Å². The van der Waals surface area contributed by atoms with Crippen molar-refractivity contribution in [3.63, 3.8) is 0 Å². The van der Waals surface area contributed by atoms with E-state index >= 15 is 0 Å². The standard InChI is InChI=1S/C21H27N3O5/c1-3-28-21(26)19-14(2)22-16-8-4-5-9-17(16)23-20(19)24-18(25)10-12-27-13-15-7-6-11-29-15/h4-5,8-9,15,22H,3,6-7,10-13H2,1-2H3,(H,23,24,25). The Balaban J connectivity index is 1.68. The maximum atomic E-state index is 12.5. The number of esters is 1. The maximum absolute atomic E-state index is 12.5. The molecule has 0 aromatic heterocycles. The zero-order chi connectivity index (χ0) is 20.6. The predicted molar refractivity (Wildman–Crippen MR) is 109 cm³/mol. The Morgan fingerprint density at radius 1 is 1.34 bits per heavy atom. The number of nitrogens with one attached hydrogen (secondary N) is 2. The van der Waals surface area contributed by atoms with E-state index in [1.165, 1.54) is 0 Å². The first-order chi connectivity index (χ1) is 14.1. The van der Waals surface area contributed by atoms with Crippen LogP contribution in [0.15, 0.2) is 40.5 Å². The molecule has 8 nitrogen and oxygen atoms in total. The summed E-state index contributed by atoms with van der Waals surface area (Å²) in [6.07, 6.45) is 2.30. The van der Waals surface area contributed by atoms with Gasteiger partial charge < -0.3 is 24.8 Å². The van der Waals surface area contributed by atoms with Crippen molar-refractivity contribution in [2.45, 2.75) is 39.2 Å². The van der Waals surface area contributed by atoms with Crippen LogP contribution in [0.5, 0.6) is 0 Å². The maximum Gasteiger partial charge on any atom is 0.343 e. The number of benzene rings is 1. The summed E-state index contributed by atoms with van der Waals surface area (Å²) in [4.78, 5) is 29.5. The van der Waals surface area contributed by atoms with E-state index in [1.54, 1.807) is 19.9 Å². The van der Waals surface area contributed by atoms with Crippen LogP contribution in [0.1, 0.15) is 33.1 Å². The number of anilines is 1. The summed E-state index contributed by atoms with van der Waals surface area (Å²) in [6.45, 7) is 5.23. The smallest absolute Gasteiger partial charge is 0.343 e. The van der Waals surface area contributed by atoms with Crippen molar-refractivity contribution in [1.29, 1.82) is 0 Å². The van der Waals surface area contributed by atoms with E-state index in [0.717, 1.165) is 25.1 Å². The number of amidine groups is 1. The lowest BCUT2D eigenvalue weighted by Gasteiger charge is -2.14. The van der Waals surface area contributed by atoms with E-state index in [0.29, 0.717) is 18.0 Å². The number of carbonyl (C=O) groups is 2. The van der Waals surface area contributed by atoms with Gasteiger partial charge in [-0.05, 0) is 38.8 Å². The van der Waals surface area contributed by atoms with E-state index < -0.39 is 5.97 Å². The molecule has 2 aliphatic heterocycles. The Hall–Kier alpha value is -2.71. The molecular formula is C21H27N3O5. The number of hydrogen-bond donors (Lipinski definition) is 2. The fourth-order valence-corrected chi connectivity index (χ4v) is 3.19. The number of rotatable bonds is 7. The summed E-state index contributed by atoms with van der Waals surface area (Å²) in [5.41, 5.74) is 2.13. The van der Waals surface area contributed by atoms with Gasteiger partial charge in [0.05, 0.1) is 43.7 Å². The number of nitrogens with zero attached hydrogens (tertiary/aromatic N) is 1. The second kappa shape index (κ2) is 10.2. The number of para-hydroxylation sites is 2. The molecule has 2 heterocycles. The lowest BCUT2D eigenvalue weighted by Crippen LogP contribution is -2.36. The highest BCUT2D eigenvalue weighted by molar-refractivity contribution is 6.24. The molecule has 1 aromatic rings. The average Bonchev–Trinajstić information content (AvgIpc) is 3.16. The van der Waals surface area contributed by atoms with Gasteiger partial charge in [0.15, 0.2) is 0 Å². The van der Waals surface area contributed by atoms with Gasteiger partial charge in [-0.15, -0.1) is 0 Å². The third-order valence-corrected chi connectivity index (χ3v) is 4.61. The molecule has 2 aliphatic rings. The lowest BCUT2D eigenvalue weighted by molar-refractivity contribution is -0.137. The molecule has 0 radical (unpaired) electrons. The Bertz CT molecular complexity index is 812. The minimum absolute atomic E-state index is 0.118. The van der Waals surface area contributed by atoms with Gasteiger partial charge in [-0.25, -0.2) is 9.79 Å². The van der Waals surface area contributed by atoms with Crippen molar-refractivity contribution < 1.29 is 23.8 Å². The molecule has 0 spiro atoms. The van der Waals surface area contributed by atoms with E-state index in [2.05, 4.69) is 15.6 Å². The summed E-state index contributed by atoms with van der Waals surface area (Å²) < 4.78 is 16.2. The van der Waals surface area contributed by atoms with E-state index in [-0.39, 0.29) is 43.1 Å². The third-order valence-electron chi connectivity index (χ3n) is 4.61. The summed E-state index contributed by atoms with van der Waals surface area (Å²) in [7, 11) is 0. The third kappa shape index (κ3) is 5.65. The highest BCUT2D eigenvalue weighted by Crippen LogP contribution is 2.30. The monoisotopic (exact) mass is 401 g/mol. The SMILES string of the molecule is CCOC(=O)C1=C(C)Nc2ccccc2N=C1NC(=O)CCOCC1CCCO1. The van der Waals surface area contributed by atoms with Gasteiger partial charge in [0, 0.05) is 12.3 Å². The van der Waals surface area contributed by atoms with Crippen LogP contribution in [0, 0.1) is 0 Å². The van der Waals surface area contributed by atoms with Crippen LogP contribution < -0.4 is 10.6 Å². The van der Waals surface area contributed by atoms with Crippen molar-refractivity contribution in [2.24, 2.45) is 4.99 Å². The van der Waals surface area contributed by atoms with Crippen molar-refractivity contribution in [1.82, 2.24) is 5.32 Å². The van der Waals surface area contributed by atoms with Crippen LogP contribution in [0.25, 0.3) is 0 Å². The van der Waals surface area contributed by atoms with Crippen LogP contribution in [0.2, 0.25) is 0 Å². The van der Waals surface area contributed by atoms with Gasteiger partial charge in [0.1, 0.15) is 11.4 Å². The van der Waals surface area contributed by atoms with Crippen LogP contribution >= 0.6 is 0 Å². The van der Waals surface area contributed by atoms with Gasteiger partial charge >= 0.3 is 5.97 Å². The fourth-order valence-electron chi connectivity index (χ4n) is 3.19. The first-order valence-corrected chi connectivity index (χ1v) is 9.90. The van der Waals surface area contributed by atoms with Gasteiger partial charge in [-0.2, -0.15) is 0 Å². The van der Waals surface area contributed by atoms with Crippen LogP contribution in [0.4, 0.5) is 11.4 Å². The topological polar surface area (TPSA) is 98.2 Å². The molecule has 0 bridgehead atoms. The molecular weight excluding hydrogens is 374 g/mol. The van der Waals surface area contributed by atoms with Crippen molar-refractivity contribution in [3.8, 4) is 0 Å². The molecule has 29 heavy (non-hydrogen) atoms. The number of amides is 1. The molecule has 8 heteroatoms. The number of hydrogen-bond acceptors (Lipinski definition) is 7. The second-order valence-corrected chi connectivity index (χ2v) is 6.83. The van der Waals surface area contributed by atoms with E-state index in [9.17, 15) is 9.59 Å². The first-order valence-electron chi connectivity index (χ1n) is 9.90. The Kier molecular flexibility index (Phi) is 7.37. The van der Waals surface area contributed by atoms with Gasteiger partial charge in [0.2, 0.25) is 5.91 Å². The Morgan fingerprint density at radius 2 is 2.17 bits per heavy atom. The minimum Gasteiger partial charge on any atom is -0.462 e. The molecule has 156 valence electrons. The molecule has 2 N–H and O–H groups in total. The Labute approximate surface area is 170 Å². The second-order valence-electron chi connectivity index (χ2n) is 6.83. The molecule has 0 aliphatic carbocycles. The number of allylic oxidation sites excluding steroid dienone is 1. The van der Waals surface area contributed by atoms with E-state index in [4.69, 9.17) is 14.2 Å². The lowest BCUT2D eigenvalue weighted by atomic mass is 10.2. The number of ether oxygens (including phenoxy) is 3. The van der Waals surface area contributed by atoms with Crippen molar-refractivity contribution >= 4 is 29.1 Å². The first kappa shape index (κ1) is 21.0. The molecule has 3 rings (SSSR count). The molecule has 1 aromatic carbocycles.